The molecule has 0 spiro atoms. The molecule has 7 heteroatoms. The molecule has 1 N–H and O–H groups in total. The van der Waals surface area contributed by atoms with Crippen LogP contribution in [0.25, 0.3) is 6.08 Å². The molecule has 0 atom stereocenters. The van der Waals surface area contributed by atoms with Gasteiger partial charge in [-0.25, -0.2) is 4.99 Å². The summed E-state index contributed by atoms with van der Waals surface area (Å²) < 4.78 is 12.1. The number of nitrogens with zero attached hydrogens (tertiary/aromatic N) is 1. The quantitative estimate of drug-likeness (QED) is 0.624. The smallest absolute Gasteiger partial charge is 0.264 e. The van der Waals surface area contributed by atoms with Gasteiger partial charge in [0.25, 0.3) is 5.91 Å². The lowest BCUT2D eigenvalue weighted by atomic mass is 10.2. The molecule has 1 fully saturated rings. The van der Waals surface area contributed by atoms with Crippen molar-refractivity contribution in [3.8, 4) is 11.5 Å². The van der Waals surface area contributed by atoms with Crippen LogP contribution in [-0.2, 0) is 4.79 Å². The van der Waals surface area contributed by atoms with Crippen molar-refractivity contribution in [3.63, 3.8) is 0 Å². The fourth-order valence-corrected chi connectivity index (χ4v) is 3.89. The van der Waals surface area contributed by atoms with E-state index in [9.17, 15) is 4.79 Å². The van der Waals surface area contributed by atoms with Gasteiger partial charge in [-0.05, 0) is 77.4 Å². The van der Waals surface area contributed by atoms with Gasteiger partial charge in [0.2, 0.25) is 0 Å². The average Bonchev–Trinajstić information content (AvgIpc) is 2.98. The molecule has 0 unspecified atom stereocenters. The Hall–Kier alpha value is -2.25. The van der Waals surface area contributed by atoms with Crippen molar-refractivity contribution in [2.24, 2.45) is 4.99 Å². The molecule has 27 heavy (non-hydrogen) atoms. The molecule has 0 bridgehead atoms. The van der Waals surface area contributed by atoms with Crippen molar-refractivity contribution in [3.05, 3.63) is 57.4 Å². The van der Waals surface area contributed by atoms with Crippen molar-refractivity contribution < 1.29 is 14.3 Å². The standard InChI is InChI=1S/C20H19BrN2O3S/c1-3-25-16-11-13(10-15(21)18(16)26-4-2)12-17-19(24)23-20(27-17)22-14-8-6-5-7-9-14/h5-12H,3-4H2,1-2H3,(H,22,23,24)/b17-12+. The lowest BCUT2D eigenvalue weighted by molar-refractivity contribution is -0.115. The number of halogens is 1. The lowest BCUT2D eigenvalue weighted by Crippen LogP contribution is -2.19. The van der Waals surface area contributed by atoms with E-state index in [1.165, 1.54) is 11.8 Å². The summed E-state index contributed by atoms with van der Waals surface area (Å²) >= 11 is 4.84. The maximum atomic E-state index is 12.3. The van der Waals surface area contributed by atoms with Crippen LogP contribution in [0.15, 0.2) is 56.8 Å². The van der Waals surface area contributed by atoms with Crippen molar-refractivity contribution >= 4 is 50.5 Å². The highest BCUT2D eigenvalue weighted by atomic mass is 79.9. The molecule has 1 heterocycles. The number of rotatable bonds is 6. The molecule has 1 saturated heterocycles. The van der Waals surface area contributed by atoms with Crippen LogP contribution in [0.4, 0.5) is 5.69 Å². The fraction of sp³-hybridized carbons (Fsp3) is 0.200. The molecule has 2 aromatic carbocycles. The number of nitrogens with one attached hydrogen (secondary N) is 1. The zero-order valence-electron chi connectivity index (χ0n) is 15.0. The first kappa shape index (κ1) is 19.5. The Morgan fingerprint density at radius 1 is 1.15 bits per heavy atom. The first-order valence-corrected chi connectivity index (χ1v) is 10.2. The minimum atomic E-state index is -0.169. The summed E-state index contributed by atoms with van der Waals surface area (Å²) in [5.41, 5.74) is 1.64. The van der Waals surface area contributed by atoms with Crippen molar-refractivity contribution in [1.29, 1.82) is 0 Å². The molecule has 0 aromatic heterocycles. The van der Waals surface area contributed by atoms with Crippen molar-refractivity contribution in [2.45, 2.75) is 13.8 Å². The van der Waals surface area contributed by atoms with Gasteiger partial charge in [0.05, 0.1) is 28.3 Å². The van der Waals surface area contributed by atoms with Crippen LogP contribution in [0.3, 0.4) is 0 Å². The summed E-state index contributed by atoms with van der Waals surface area (Å²) in [6.07, 6.45) is 1.82. The topological polar surface area (TPSA) is 59.9 Å². The van der Waals surface area contributed by atoms with Crippen LogP contribution in [-0.4, -0.2) is 24.3 Å². The van der Waals surface area contributed by atoms with Gasteiger partial charge in [0.15, 0.2) is 16.7 Å². The van der Waals surface area contributed by atoms with Crippen LogP contribution in [0.5, 0.6) is 11.5 Å². The number of para-hydroxylation sites is 1. The number of ether oxygens (including phenoxy) is 2. The molecule has 3 rings (SSSR count). The van der Waals surface area contributed by atoms with Gasteiger partial charge >= 0.3 is 0 Å². The van der Waals surface area contributed by atoms with E-state index < -0.39 is 0 Å². The summed E-state index contributed by atoms with van der Waals surface area (Å²) in [4.78, 5) is 17.3. The summed E-state index contributed by atoms with van der Waals surface area (Å²) in [7, 11) is 0. The largest absolute Gasteiger partial charge is 0.490 e. The minimum Gasteiger partial charge on any atom is -0.490 e. The number of aliphatic imine (C=N–C) groups is 1. The molecule has 5 nitrogen and oxygen atoms in total. The number of carbonyl (C=O) groups is 1. The highest BCUT2D eigenvalue weighted by Gasteiger charge is 2.24. The van der Waals surface area contributed by atoms with E-state index in [0.29, 0.717) is 34.8 Å². The van der Waals surface area contributed by atoms with Crippen LogP contribution in [0, 0.1) is 0 Å². The van der Waals surface area contributed by atoms with Gasteiger partial charge in [0.1, 0.15) is 0 Å². The zero-order valence-corrected chi connectivity index (χ0v) is 17.4. The SMILES string of the molecule is CCOc1cc(/C=C2/SC(=Nc3ccccc3)NC2=O)cc(Br)c1OCC. The molecule has 0 saturated carbocycles. The summed E-state index contributed by atoms with van der Waals surface area (Å²) in [5.74, 6) is 1.14. The third kappa shape index (κ3) is 4.93. The Morgan fingerprint density at radius 3 is 2.59 bits per heavy atom. The Morgan fingerprint density at radius 2 is 1.89 bits per heavy atom. The molecular formula is C20H19BrN2O3S. The Kier molecular flexibility index (Phi) is 6.58. The molecule has 2 aromatic rings. The highest BCUT2D eigenvalue weighted by molar-refractivity contribution is 9.10. The van der Waals surface area contributed by atoms with Gasteiger partial charge in [-0.2, -0.15) is 0 Å². The predicted molar refractivity (Wildman–Crippen MR) is 114 cm³/mol. The fourth-order valence-electron chi connectivity index (χ4n) is 2.47. The molecule has 1 amide bonds. The number of hydrogen-bond donors (Lipinski definition) is 1. The molecule has 0 radical (unpaired) electrons. The third-order valence-corrected chi connectivity index (χ3v) is 5.05. The van der Waals surface area contributed by atoms with Crippen molar-refractivity contribution in [1.82, 2.24) is 5.32 Å². The summed E-state index contributed by atoms with van der Waals surface area (Å²) in [6, 6.07) is 13.3. The van der Waals surface area contributed by atoms with E-state index in [1.54, 1.807) is 0 Å². The summed E-state index contributed by atoms with van der Waals surface area (Å²) in [6.45, 7) is 4.90. The highest BCUT2D eigenvalue weighted by Crippen LogP contribution is 2.38. The second kappa shape index (κ2) is 9.10. The molecule has 1 aliphatic heterocycles. The van der Waals surface area contributed by atoms with E-state index in [2.05, 4.69) is 26.2 Å². The number of amides is 1. The molecule has 1 aliphatic rings. The van der Waals surface area contributed by atoms with Crippen LogP contribution >= 0.6 is 27.7 Å². The van der Waals surface area contributed by atoms with E-state index in [0.717, 1.165) is 15.7 Å². The van der Waals surface area contributed by atoms with Gasteiger partial charge < -0.3 is 14.8 Å². The van der Waals surface area contributed by atoms with E-state index >= 15 is 0 Å². The van der Waals surface area contributed by atoms with Crippen LogP contribution in [0.2, 0.25) is 0 Å². The molecular weight excluding hydrogens is 428 g/mol. The van der Waals surface area contributed by atoms with Gasteiger partial charge in [-0.3, -0.25) is 4.79 Å². The predicted octanol–water partition coefficient (Wildman–Crippen LogP) is 5.14. The third-order valence-electron chi connectivity index (χ3n) is 3.56. The second-order valence-corrected chi connectivity index (χ2v) is 7.40. The first-order valence-electron chi connectivity index (χ1n) is 8.54. The lowest BCUT2D eigenvalue weighted by Gasteiger charge is -2.13. The summed E-state index contributed by atoms with van der Waals surface area (Å²) in [5, 5.41) is 3.36. The molecule has 140 valence electrons. The van der Waals surface area contributed by atoms with Gasteiger partial charge in [0, 0.05) is 0 Å². The number of hydrogen-bond acceptors (Lipinski definition) is 5. The van der Waals surface area contributed by atoms with Gasteiger partial charge in [-0.1, -0.05) is 18.2 Å². The molecule has 0 aliphatic carbocycles. The number of amidine groups is 1. The minimum absolute atomic E-state index is 0.169. The number of thioether (sulfide) groups is 1. The van der Waals surface area contributed by atoms with Crippen molar-refractivity contribution in [2.75, 3.05) is 13.2 Å². The Balaban J connectivity index is 1.88. The van der Waals surface area contributed by atoms with E-state index in [4.69, 9.17) is 9.47 Å². The first-order chi connectivity index (χ1) is 13.1. The maximum Gasteiger partial charge on any atom is 0.264 e. The average molecular weight is 447 g/mol. The Bertz CT molecular complexity index is 898. The normalized spacial score (nSPS) is 16.6. The van der Waals surface area contributed by atoms with E-state index in [1.807, 2.05) is 62.4 Å². The maximum absolute atomic E-state index is 12.3. The zero-order chi connectivity index (χ0) is 19.2. The number of carbonyl (C=O) groups excluding carboxylic acids is 1. The van der Waals surface area contributed by atoms with E-state index in [-0.39, 0.29) is 5.91 Å². The number of benzene rings is 2. The monoisotopic (exact) mass is 446 g/mol. The van der Waals surface area contributed by atoms with Crippen LogP contribution < -0.4 is 14.8 Å². The van der Waals surface area contributed by atoms with Crippen LogP contribution in [0.1, 0.15) is 19.4 Å². The second-order valence-electron chi connectivity index (χ2n) is 5.51. The van der Waals surface area contributed by atoms with Gasteiger partial charge in [-0.15, -0.1) is 0 Å². The Labute approximate surface area is 171 Å².